The molecule has 0 spiro atoms. The third-order valence-corrected chi connectivity index (χ3v) is 3.15. The molecule has 1 atom stereocenters. The average Bonchev–Trinajstić information content (AvgIpc) is 2.39. The van der Waals surface area contributed by atoms with Crippen molar-refractivity contribution in [3.8, 4) is 0 Å². The molecule has 1 aliphatic rings. The third kappa shape index (κ3) is 2.64. The second-order valence-electron chi connectivity index (χ2n) is 4.35. The van der Waals surface area contributed by atoms with Crippen LogP contribution in [0.4, 0.5) is 10.1 Å². The molecule has 1 amide bonds. The van der Waals surface area contributed by atoms with Crippen molar-refractivity contribution in [2.24, 2.45) is 0 Å². The van der Waals surface area contributed by atoms with Crippen LogP contribution < -0.4 is 10.2 Å². The van der Waals surface area contributed by atoms with Crippen molar-refractivity contribution in [1.29, 1.82) is 0 Å². The van der Waals surface area contributed by atoms with E-state index in [1.54, 1.807) is 25.2 Å². The molecule has 17 heavy (non-hydrogen) atoms. The zero-order chi connectivity index (χ0) is 12.3. The Morgan fingerprint density at radius 2 is 2.18 bits per heavy atom. The van der Waals surface area contributed by atoms with Crippen molar-refractivity contribution in [3.63, 3.8) is 0 Å². The SMILES string of the molecule is CN(C(=O)[C@H]1CCCCN1)c1ccccc1F. The first-order valence-electron chi connectivity index (χ1n) is 5.95. The van der Waals surface area contributed by atoms with Crippen LogP contribution in [0.15, 0.2) is 24.3 Å². The molecule has 2 rings (SSSR count). The Bertz CT molecular complexity index is 402. The molecular weight excluding hydrogens is 219 g/mol. The number of carbonyl (C=O) groups excluding carboxylic acids is 1. The van der Waals surface area contributed by atoms with Gasteiger partial charge in [-0.15, -0.1) is 0 Å². The number of piperidine rings is 1. The molecule has 1 heterocycles. The highest BCUT2D eigenvalue weighted by molar-refractivity contribution is 5.96. The van der Waals surface area contributed by atoms with Gasteiger partial charge in [-0.1, -0.05) is 18.6 Å². The van der Waals surface area contributed by atoms with Crippen molar-refractivity contribution in [1.82, 2.24) is 5.32 Å². The maximum atomic E-state index is 13.6. The van der Waals surface area contributed by atoms with Crippen molar-refractivity contribution in [2.75, 3.05) is 18.5 Å². The average molecular weight is 236 g/mol. The molecular formula is C13H17FN2O. The Kier molecular flexibility index (Phi) is 3.74. The predicted molar refractivity (Wildman–Crippen MR) is 65.5 cm³/mol. The van der Waals surface area contributed by atoms with Gasteiger partial charge in [-0.05, 0) is 31.5 Å². The highest BCUT2D eigenvalue weighted by Gasteiger charge is 2.25. The fourth-order valence-corrected chi connectivity index (χ4v) is 2.14. The molecule has 0 radical (unpaired) electrons. The van der Waals surface area contributed by atoms with Crippen LogP contribution in [0.1, 0.15) is 19.3 Å². The van der Waals surface area contributed by atoms with Crippen LogP contribution in [0.3, 0.4) is 0 Å². The van der Waals surface area contributed by atoms with Gasteiger partial charge >= 0.3 is 0 Å². The van der Waals surface area contributed by atoms with Crippen molar-refractivity contribution >= 4 is 11.6 Å². The van der Waals surface area contributed by atoms with Crippen molar-refractivity contribution < 1.29 is 9.18 Å². The summed E-state index contributed by atoms with van der Waals surface area (Å²) in [5.41, 5.74) is 0.338. The lowest BCUT2D eigenvalue weighted by Crippen LogP contribution is -2.47. The Morgan fingerprint density at radius 1 is 1.41 bits per heavy atom. The van der Waals surface area contributed by atoms with Crippen LogP contribution in [-0.4, -0.2) is 25.5 Å². The van der Waals surface area contributed by atoms with E-state index < -0.39 is 0 Å². The summed E-state index contributed by atoms with van der Waals surface area (Å²) in [4.78, 5) is 13.5. The number of halogens is 1. The van der Waals surface area contributed by atoms with E-state index in [1.165, 1.54) is 11.0 Å². The quantitative estimate of drug-likeness (QED) is 0.851. The fraction of sp³-hybridized carbons (Fsp3) is 0.462. The van der Waals surface area contributed by atoms with E-state index in [4.69, 9.17) is 0 Å². The van der Waals surface area contributed by atoms with Gasteiger partial charge in [0, 0.05) is 7.05 Å². The van der Waals surface area contributed by atoms with Gasteiger partial charge in [-0.3, -0.25) is 4.79 Å². The Balaban J connectivity index is 2.11. The topological polar surface area (TPSA) is 32.3 Å². The van der Waals surface area contributed by atoms with Gasteiger partial charge in [0.1, 0.15) is 5.82 Å². The summed E-state index contributed by atoms with van der Waals surface area (Å²) in [6.07, 6.45) is 2.99. The third-order valence-electron chi connectivity index (χ3n) is 3.15. The number of carbonyl (C=O) groups is 1. The van der Waals surface area contributed by atoms with Gasteiger partial charge in [-0.2, -0.15) is 0 Å². The summed E-state index contributed by atoms with van der Waals surface area (Å²) >= 11 is 0. The molecule has 1 aromatic carbocycles. The van der Waals surface area contributed by atoms with E-state index in [0.717, 1.165) is 25.8 Å². The molecule has 0 aromatic heterocycles. The predicted octanol–water partition coefficient (Wildman–Crippen LogP) is 1.93. The minimum Gasteiger partial charge on any atom is -0.311 e. The maximum Gasteiger partial charge on any atom is 0.243 e. The monoisotopic (exact) mass is 236 g/mol. The second kappa shape index (κ2) is 5.27. The number of anilines is 1. The smallest absolute Gasteiger partial charge is 0.243 e. The standard InChI is InChI=1S/C13H17FN2O/c1-16(12-8-3-2-6-10(12)14)13(17)11-7-4-5-9-15-11/h2-3,6,8,11,15H,4-5,7,9H2,1H3/t11-/m1/s1. The minimum atomic E-state index is -0.362. The zero-order valence-corrected chi connectivity index (χ0v) is 9.95. The van der Waals surface area contributed by atoms with Crippen LogP contribution in [0, 0.1) is 5.82 Å². The Morgan fingerprint density at radius 3 is 2.82 bits per heavy atom. The summed E-state index contributed by atoms with van der Waals surface area (Å²) in [6.45, 7) is 0.863. The van der Waals surface area contributed by atoms with E-state index in [1.807, 2.05) is 0 Å². The normalized spacial score (nSPS) is 20.0. The maximum absolute atomic E-state index is 13.6. The molecule has 0 aliphatic carbocycles. The first kappa shape index (κ1) is 12.0. The lowest BCUT2D eigenvalue weighted by Gasteiger charge is -2.27. The minimum absolute atomic E-state index is 0.0604. The summed E-state index contributed by atoms with van der Waals surface area (Å²) in [5.74, 6) is -0.422. The lowest BCUT2D eigenvalue weighted by molar-refractivity contribution is -0.120. The number of para-hydroxylation sites is 1. The number of hydrogen-bond donors (Lipinski definition) is 1. The number of nitrogens with one attached hydrogen (secondary N) is 1. The lowest BCUT2D eigenvalue weighted by atomic mass is 10.0. The van der Waals surface area contributed by atoms with E-state index in [0.29, 0.717) is 5.69 Å². The number of rotatable bonds is 2. The number of amides is 1. The van der Waals surface area contributed by atoms with Gasteiger partial charge in [0.2, 0.25) is 5.91 Å². The van der Waals surface area contributed by atoms with Gasteiger partial charge in [0.05, 0.1) is 11.7 Å². The molecule has 3 nitrogen and oxygen atoms in total. The highest BCUT2D eigenvalue weighted by atomic mass is 19.1. The highest BCUT2D eigenvalue weighted by Crippen LogP contribution is 2.19. The summed E-state index contributed by atoms with van der Waals surface area (Å²) in [6, 6.07) is 6.17. The van der Waals surface area contributed by atoms with Crippen molar-refractivity contribution in [2.45, 2.75) is 25.3 Å². The van der Waals surface area contributed by atoms with Gasteiger partial charge in [-0.25, -0.2) is 4.39 Å². The van der Waals surface area contributed by atoms with Crippen LogP contribution in [0.2, 0.25) is 0 Å². The van der Waals surface area contributed by atoms with E-state index in [-0.39, 0.29) is 17.8 Å². The van der Waals surface area contributed by atoms with Crippen LogP contribution in [0.25, 0.3) is 0 Å². The van der Waals surface area contributed by atoms with Gasteiger partial charge in [0.15, 0.2) is 0 Å². The molecule has 0 saturated carbocycles. The van der Waals surface area contributed by atoms with Gasteiger partial charge in [0.25, 0.3) is 0 Å². The first-order chi connectivity index (χ1) is 8.20. The molecule has 1 saturated heterocycles. The summed E-state index contributed by atoms with van der Waals surface area (Å²) in [5, 5.41) is 3.18. The largest absolute Gasteiger partial charge is 0.311 e. The van der Waals surface area contributed by atoms with Crippen LogP contribution in [-0.2, 0) is 4.79 Å². The molecule has 1 aliphatic heterocycles. The number of likely N-dealkylation sites (N-methyl/N-ethyl adjacent to an activating group) is 1. The molecule has 1 N–H and O–H groups in total. The van der Waals surface area contributed by atoms with Crippen LogP contribution in [0.5, 0.6) is 0 Å². The Hall–Kier alpha value is -1.42. The number of nitrogens with zero attached hydrogens (tertiary/aromatic N) is 1. The van der Waals surface area contributed by atoms with Gasteiger partial charge < -0.3 is 10.2 Å². The summed E-state index contributed by atoms with van der Waals surface area (Å²) in [7, 11) is 1.62. The second-order valence-corrected chi connectivity index (χ2v) is 4.35. The molecule has 0 bridgehead atoms. The number of hydrogen-bond acceptors (Lipinski definition) is 2. The summed E-state index contributed by atoms with van der Waals surface area (Å²) < 4.78 is 13.6. The molecule has 1 aromatic rings. The van der Waals surface area contributed by atoms with E-state index in [9.17, 15) is 9.18 Å². The van der Waals surface area contributed by atoms with Crippen LogP contribution >= 0.6 is 0 Å². The Labute approximate surface area is 101 Å². The molecule has 1 fully saturated rings. The number of benzene rings is 1. The molecule has 4 heteroatoms. The van der Waals surface area contributed by atoms with E-state index in [2.05, 4.69) is 5.32 Å². The van der Waals surface area contributed by atoms with E-state index >= 15 is 0 Å². The molecule has 92 valence electrons. The first-order valence-corrected chi connectivity index (χ1v) is 5.95. The zero-order valence-electron chi connectivity index (χ0n) is 9.95. The molecule has 0 unspecified atom stereocenters. The van der Waals surface area contributed by atoms with Crippen molar-refractivity contribution in [3.05, 3.63) is 30.1 Å². The fourth-order valence-electron chi connectivity index (χ4n) is 2.14.